The lowest BCUT2D eigenvalue weighted by Crippen LogP contribution is -2.28. The molecule has 16 heavy (non-hydrogen) atoms. The Balaban J connectivity index is 1.89. The highest BCUT2D eigenvalue weighted by Gasteiger charge is 2.29. The Morgan fingerprint density at radius 1 is 1.69 bits per heavy atom. The zero-order chi connectivity index (χ0) is 11.5. The van der Waals surface area contributed by atoms with Crippen LogP contribution in [0.4, 0.5) is 0 Å². The van der Waals surface area contributed by atoms with E-state index >= 15 is 0 Å². The normalized spacial score (nSPS) is 15.6. The highest BCUT2D eigenvalue weighted by molar-refractivity contribution is 5.66. The monoisotopic (exact) mass is 224 g/mol. The lowest BCUT2D eigenvalue weighted by atomic mass is 10.3. The molecule has 1 aromatic heterocycles. The van der Waals surface area contributed by atoms with Gasteiger partial charge in [0.25, 0.3) is 0 Å². The van der Waals surface area contributed by atoms with Crippen LogP contribution < -0.4 is 0 Å². The van der Waals surface area contributed by atoms with Crippen molar-refractivity contribution in [2.24, 2.45) is 0 Å². The van der Waals surface area contributed by atoms with Gasteiger partial charge in [0.1, 0.15) is 0 Å². The predicted octanol–water partition coefficient (Wildman–Crippen LogP) is 1.42. The van der Waals surface area contributed by atoms with E-state index in [1.807, 2.05) is 13.0 Å². The second-order valence-electron chi connectivity index (χ2n) is 4.28. The van der Waals surface area contributed by atoms with E-state index in [0.717, 1.165) is 24.3 Å². The predicted molar refractivity (Wildman–Crippen MR) is 56.9 cm³/mol. The van der Waals surface area contributed by atoms with Crippen molar-refractivity contribution in [1.82, 2.24) is 10.1 Å². The Bertz CT molecular complexity index is 371. The van der Waals surface area contributed by atoms with Crippen LogP contribution >= 0.6 is 0 Å². The summed E-state index contributed by atoms with van der Waals surface area (Å²) < 4.78 is 5.14. The van der Waals surface area contributed by atoms with Crippen molar-refractivity contribution in [2.75, 3.05) is 6.54 Å². The molecule has 1 heterocycles. The minimum absolute atomic E-state index is 0.184. The molecule has 2 rings (SSSR count). The zero-order valence-electron chi connectivity index (χ0n) is 9.35. The summed E-state index contributed by atoms with van der Waals surface area (Å²) >= 11 is 0. The third-order valence-corrected chi connectivity index (χ3v) is 2.71. The average Bonchev–Trinajstić information content (AvgIpc) is 2.98. The van der Waals surface area contributed by atoms with Gasteiger partial charge in [-0.25, -0.2) is 0 Å². The van der Waals surface area contributed by atoms with Crippen molar-refractivity contribution in [3.05, 3.63) is 17.5 Å². The topological polar surface area (TPSA) is 66.6 Å². The Hall–Kier alpha value is -1.36. The van der Waals surface area contributed by atoms with Gasteiger partial charge in [0, 0.05) is 18.7 Å². The molecule has 0 radical (unpaired) electrons. The van der Waals surface area contributed by atoms with Crippen molar-refractivity contribution < 1.29 is 14.4 Å². The van der Waals surface area contributed by atoms with Crippen LogP contribution in [0.15, 0.2) is 10.6 Å². The summed E-state index contributed by atoms with van der Waals surface area (Å²) in [5.74, 6) is 0.0641. The summed E-state index contributed by atoms with van der Waals surface area (Å²) in [5.41, 5.74) is 0.865. The number of aromatic nitrogens is 1. The second-order valence-corrected chi connectivity index (χ2v) is 4.28. The molecule has 0 aromatic carbocycles. The quantitative estimate of drug-likeness (QED) is 0.791. The fourth-order valence-corrected chi connectivity index (χ4v) is 1.76. The summed E-state index contributed by atoms with van der Waals surface area (Å²) in [5, 5.41) is 12.5. The van der Waals surface area contributed by atoms with E-state index in [4.69, 9.17) is 9.63 Å². The van der Waals surface area contributed by atoms with E-state index < -0.39 is 5.97 Å². The Morgan fingerprint density at radius 2 is 2.44 bits per heavy atom. The highest BCUT2D eigenvalue weighted by Crippen LogP contribution is 2.28. The SMILES string of the molecule is Cc1cc(CN(CCC(=O)O)C2CC2)on1. The summed E-state index contributed by atoms with van der Waals surface area (Å²) in [7, 11) is 0. The Kier molecular flexibility index (Phi) is 3.24. The van der Waals surface area contributed by atoms with Gasteiger partial charge in [0.05, 0.1) is 18.7 Å². The Morgan fingerprint density at radius 3 is 2.94 bits per heavy atom. The van der Waals surface area contributed by atoms with Gasteiger partial charge in [0.15, 0.2) is 5.76 Å². The highest BCUT2D eigenvalue weighted by atomic mass is 16.5. The first-order valence-corrected chi connectivity index (χ1v) is 5.53. The molecule has 5 nitrogen and oxygen atoms in total. The lowest BCUT2D eigenvalue weighted by Gasteiger charge is -2.18. The molecular weight excluding hydrogens is 208 g/mol. The molecule has 1 aromatic rings. The molecular formula is C11H16N2O3. The van der Waals surface area contributed by atoms with E-state index in [9.17, 15) is 4.79 Å². The summed E-state index contributed by atoms with van der Waals surface area (Å²) in [6.45, 7) is 3.13. The van der Waals surface area contributed by atoms with Crippen LogP contribution in [-0.4, -0.2) is 33.7 Å². The molecule has 5 heteroatoms. The third kappa shape index (κ3) is 3.06. The number of hydrogen-bond donors (Lipinski definition) is 1. The average molecular weight is 224 g/mol. The second kappa shape index (κ2) is 4.65. The Labute approximate surface area is 94.0 Å². The molecule has 1 N–H and O–H groups in total. The molecule has 88 valence electrons. The van der Waals surface area contributed by atoms with Crippen LogP contribution in [0.3, 0.4) is 0 Å². The minimum Gasteiger partial charge on any atom is -0.481 e. The molecule has 0 saturated heterocycles. The van der Waals surface area contributed by atoms with Crippen LogP contribution in [0.5, 0.6) is 0 Å². The molecule has 1 aliphatic rings. The van der Waals surface area contributed by atoms with E-state index in [-0.39, 0.29) is 6.42 Å². The number of aryl methyl sites for hydroxylation is 1. The lowest BCUT2D eigenvalue weighted by molar-refractivity contribution is -0.137. The number of carbonyl (C=O) groups is 1. The smallest absolute Gasteiger partial charge is 0.304 e. The van der Waals surface area contributed by atoms with Crippen LogP contribution in [0, 0.1) is 6.92 Å². The molecule has 0 spiro atoms. The fourth-order valence-electron chi connectivity index (χ4n) is 1.76. The number of carboxylic acid groups (broad SMARTS) is 1. The van der Waals surface area contributed by atoms with Gasteiger partial charge >= 0.3 is 5.97 Å². The van der Waals surface area contributed by atoms with Gasteiger partial charge in [0.2, 0.25) is 0 Å². The van der Waals surface area contributed by atoms with Crippen LogP contribution in [0.25, 0.3) is 0 Å². The van der Waals surface area contributed by atoms with E-state index in [0.29, 0.717) is 19.1 Å². The van der Waals surface area contributed by atoms with E-state index in [1.54, 1.807) is 0 Å². The van der Waals surface area contributed by atoms with Gasteiger partial charge < -0.3 is 9.63 Å². The maximum absolute atomic E-state index is 10.5. The first-order valence-electron chi connectivity index (χ1n) is 5.53. The molecule has 0 atom stereocenters. The number of aliphatic carboxylic acids is 1. The number of rotatable bonds is 6. The summed E-state index contributed by atoms with van der Waals surface area (Å²) in [6.07, 6.45) is 2.50. The molecule has 1 fully saturated rings. The van der Waals surface area contributed by atoms with Gasteiger partial charge in [-0.1, -0.05) is 5.16 Å². The van der Waals surface area contributed by atoms with E-state index in [2.05, 4.69) is 10.1 Å². The number of nitrogens with zero attached hydrogens (tertiary/aromatic N) is 2. The molecule has 1 saturated carbocycles. The largest absolute Gasteiger partial charge is 0.481 e. The van der Waals surface area contributed by atoms with Crippen LogP contribution in [0.2, 0.25) is 0 Å². The molecule has 0 bridgehead atoms. The van der Waals surface area contributed by atoms with E-state index in [1.165, 1.54) is 0 Å². The van der Waals surface area contributed by atoms with Crippen molar-refractivity contribution in [3.8, 4) is 0 Å². The standard InChI is InChI=1S/C11H16N2O3/c1-8-6-10(16-12-8)7-13(9-2-3-9)5-4-11(14)15/h6,9H,2-5,7H2,1H3,(H,14,15). The molecule has 0 aliphatic heterocycles. The fraction of sp³-hybridized carbons (Fsp3) is 0.636. The van der Waals surface area contributed by atoms with Gasteiger partial charge in [-0.2, -0.15) is 0 Å². The summed E-state index contributed by atoms with van der Waals surface area (Å²) in [6, 6.07) is 2.43. The van der Waals surface area contributed by atoms with Crippen LogP contribution in [-0.2, 0) is 11.3 Å². The minimum atomic E-state index is -0.751. The molecule has 1 aliphatic carbocycles. The van der Waals surface area contributed by atoms with Gasteiger partial charge in [-0.05, 0) is 19.8 Å². The number of hydrogen-bond acceptors (Lipinski definition) is 4. The first kappa shape index (κ1) is 11.1. The van der Waals surface area contributed by atoms with Crippen LogP contribution in [0.1, 0.15) is 30.7 Å². The summed E-state index contributed by atoms with van der Waals surface area (Å²) in [4.78, 5) is 12.7. The maximum atomic E-state index is 10.5. The van der Waals surface area contributed by atoms with Crippen molar-refractivity contribution in [2.45, 2.75) is 38.8 Å². The zero-order valence-corrected chi connectivity index (χ0v) is 9.35. The maximum Gasteiger partial charge on any atom is 0.304 e. The first-order chi connectivity index (χ1) is 7.65. The van der Waals surface area contributed by atoms with Crippen molar-refractivity contribution in [1.29, 1.82) is 0 Å². The number of carboxylic acids is 1. The molecule has 0 unspecified atom stereocenters. The third-order valence-electron chi connectivity index (χ3n) is 2.71. The molecule has 0 amide bonds. The van der Waals surface area contributed by atoms with Gasteiger partial charge in [-0.15, -0.1) is 0 Å². The van der Waals surface area contributed by atoms with Crippen molar-refractivity contribution >= 4 is 5.97 Å². The van der Waals surface area contributed by atoms with Gasteiger partial charge in [-0.3, -0.25) is 9.69 Å². The van der Waals surface area contributed by atoms with Crippen molar-refractivity contribution in [3.63, 3.8) is 0 Å².